The Balaban J connectivity index is 1.99. The van der Waals surface area contributed by atoms with Crippen LogP contribution in [-0.4, -0.2) is 17.9 Å². The van der Waals surface area contributed by atoms with Crippen LogP contribution < -0.4 is 5.48 Å². The highest BCUT2D eigenvalue weighted by Crippen LogP contribution is 2.49. The van der Waals surface area contributed by atoms with Gasteiger partial charge in [0, 0.05) is 12.7 Å². The lowest BCUT2D eigenvalue weighted by molar-refractivity contribution is -0.174. The first-order valence-electron chi connectivity index (χ1n) is 6.49. The van der Waals surface area contributed by atoms with E-state index in [-0.39, 0.29) is 17.9 Å². The smallest absolute Gasteiger partial charge is 0.184 e. The summed E-state index contributed by atoms with van der Waals surface area (Å²) in [5.74, 6) is 0. The van der Waals surface area contributed by atoms with Gasteiger partial charge in [-0.15, -0.1) is 0 Å². The second kappa shape index (κ2) is 4.63. The molecule has 0 amide bonds. The zero-order chi connectivity index (χ0) is 12.6. The van der Waals surface area contributed by atoms with Crippen LogP contribution >= 0.6 is 0 Å². The van der Waals surface area contributed by atoms with Crippen LogP contribution in [0.2, 0.25) is 0 Å². The van der Waals surface area contributed by atoms with Crippen molar-refractivity contribution in [2.75, 3.05) is 7.11 Å². The Morgan fingerprint density at radius 3 is 2.56 bits per heavy atom. The number of hydroxylamine groups is 1. The SMILES string of the molecule is COC1OC(C2(NO)CCCC2)c2ccccc21. The van der Waals surface area contributed by atoms with Crippen LogP contribution in [0.5, 0.6) is 0 Å². The second-order valence-corrected chi connectivity index (χ2v) is 5.19. The van der Waals surface area contributed by atoms with Crippen LogP contribution in [0, 0.1) is 0 Å². The van der Waals surface area contributed by atoms with Gasteiger partial charge in [0.05, 0.1) is 5.54 Å². The maximum atomic E-state index is 9.59. The van der Waals surface area contributed by atoms with E-state index in [0.29, 0.717) is 0 Å². The number of methoxy groups -OCH3 is 1. The summed E-state index contributed by atoms with van der Waals surface area (Å²) >= 11 is 0. The first-order valence-corrected chi connectivity index (χ1v) is 6.49. The molecule has 4 nitrogen and oxygen atoms in total. The van der Waals surface area contributed by atoms with Crippen molar-refractivity contribution in [1.29, 1.82) is 0 Å². The standard InChI is InChI=1S/C14H19NO3/c1-17-13-11-7-3-2-6-10(11)12(18-13)14(15-16)8-4-5-9-14/h2-3,6-7,12-13,15-16H,4-5,8-9H2,1H3. The highest BCUT2D eigenvalue weighted by Gasteiger charge is 2.48. The van der Waals surface area contributed by atoms with Crippen LogP contribution in [0.25, 0.3) is 0 Å². The molecule has 1 fully saturated rings. The van der Waals surface area contributed by atoms with Gasteiger partial charge in [-0.25, -0.2) is 0 Å². The molecule has 1 aliphatic carbocycles. The van der Waals surface area contributed by atoms with E-state index in [1.807, 2.05) is 18.2 Å². The van der Waals surface area contributed by atoms with Crippen LogP contribution in [0.15, 0.2) is 24.3 Å². The minimum atomic E-state index is -0.358. The minimum Gasteiger partial charge on any atom is -0.352 e. The van der Waals surface area contributed by atoms with Crippen LogP contribution in [0.1, 0.15) is 49.2 Å². The predicted octanol–water partition coefficient (Wildman–Crippen LogP) is 2.69. The van der Waals surface area contributed by atoms with Crippen molar-refractivity contribution < 1.29 is 14.7 Å². The molecule has 1 aliphatic heterocycles. The van der Waals surface area contributed by atoms with Gasteiger partial charge in [0.25, 0.3) is 0 Å². The van der Waals surface area contributed by atoms with E-state index in [2.05, 4.69) is 11.5 Å². The van der Waals surface area contributed by atoms with Gasteiger partial charge < -0.3 is 14.7 Å². The normalized spacial score (nSPS) is 29.4. The summed E-state index contributed by atoms with van der Waals surface area (Å²) in [4.78, 5) is 0. The molecule has 2 aliphatic rings. The minimum absolute atomic E-state index is 0.133. The lowest BCUT2D eigenvalue weighted by atomic mass is 9.86. The fourth-order valence-corrected chi connectivity index (χ4v) is 3.28. The molecule has 1 aromatic carbocycles. The first kappa shape index (κ1) is 12.1. The van der Waals surface area contributed by atoms with Gasteiger partial charge in [-0.1, -0.05) is 37.1 Å². The highest BCUT2D eigenvalue weighted by atomic mass is 16.7. The molecule has 1 saturated carbocycles. The number of benzene rings is 1. The predicted molar refractivity (Wildman–Crippen MR) is 66.1 cm³/mol. The Morgan fingerprint density at radius 2 is 1.94 bits per heavy atom. The van der Waals surface area contributed by atoms with Gasteiger partial charge >= 0.3 is 0 Å². The molecule has 0 spiro atoms. The summed E-state index contributed by atoms with van der Waals surface area (Å²) in [6.07, 6.45) is 3.64. The van der Waals surface area contributed by atoms with Gasteiger partial charge in [0.2, 0.25) is 0 Å². The Morgan fingerprint density at radius 1 is 1.28 bits per heavy atom. The molecule has 0 bridgehead atoms. The summed E-state index contributed by atoms with van der Waals surface area (Å²) in [6.45, 7) is 0. The van der Waals surface area contributed by atoms with Gasteiger partial charge in [-0.2, -0.15) is 5.48 Å². The van der Waals surface area contributed by atoms with E-state index in [9.17, 15) is 5.21 Å². The molecule has 18 heavy (non-hydrogen) atoms. The number of fused-ring (bicyclic) bond motifs is 1. The maximum Gasteiger partial charge on any atom is 0.184 e. The molecular weight excluding hydrogens is 230 g/mol. The average molecular weight is 249 g/mol. The fourth-order valence-electron chi connectivity index (χ4n) is 3.28. The Labute approximate surface area is 107 Å². The van der Waals surface area contributed by atoms with Crippen molar-refractivity contribution in [3.8, 4) is 0 Å². The lowest BCUT2D eigenvalue weighted by Crippen LogP contribution is -2.46. The Kier molecular flexibility index (Phi) is 3.11. The van der Waals surface area contributed by atoms with E-state index in [0.717, 1.165) is 36.8 Å². The van der Waals surface area contributed by atoms with Crippen molar-refractivity contribution in [3.05, 3.63) is 35.4 Å². The zero-order valence-electron chi connectivity index (χ0n) is 10.6. The summed E-state index contributed by atoms with van der Waals surface area (Å²) in [5, 5.41) is 9.59. The third kappa shape index (κ3) is 1.68. The molecule has 0 saturated heterocycles. The largest absolute Gasteiger partial charge is 0.352 e. The van der Waals surface area contributed by atoms with Crippen LogP contribution in [0.3, 0.4) is 0 Å². The topological polar surface area (TPSA) is 50.7 Å². The molecule has 0 aromatic heterocycles. The van der Waals surface area contributed by atoms with Gasteiger partial charge in [0.15, 0.2) is 6.29 Å². The van der Waals surface area contributed by atoms with E-state index >= 15 is 0 Å². The van der Waals surface area contributed by atoms with Crippen molar-refractivity contribution in [1.82, 2.24) is 5.48 Å². The molecule has 2 atom stereocenters. The number of nitrogens with one attached hydrogen (secondary N) is 1. The third-order valence-corrected chi connectivity index (χ3v) is 4.23. The average Bonchev–Trinajstić information content (AvgIpc) is 3.03. The highest BCUT2D eigenvalue weighted by molar-refractivity contribution is 5.36. The van der Waals surface area contributed by atoms with Crippen LogP contribution in [0.4, 0.5) is 0 Å². The maximum absolute atomic E-state index is 9.59. The number of rotatable bonds is 3. The zero-order valence-corrected chi connectivity index (χ0v) is 10.6. The Hall–Kier alpha value is -0.940. The molecule has 98 valence electrons. The number of ether oxygens (including phenoxy) is 2. The fraction of sp³-hybridized carbons (Fsp3) is 0.571. The van der Waals surface area contributed by atoms with Gasteiger partial charge in [0.1, 0.15) is 6.10 Å². The third-order valence-electron chi connectivity index (χ3n) is 4.23. The van der Waals surface area contributed by atoms with Crippen molar-refractivity contribution >= 4 is 0 Å². The quantitative estimate of drug-likeness (QED) is 0.809. The van der Waals surface area contributed by atoms with E-state index in [1.54, 1.807) is 7.11 Å². The molecule has 2 unspecified atom stereocenters. The van der Waals surface area contributed by atoms with Crippen molar-refractivity contribution in [2.45, 2.75) is 43.6 Å². The van der Waals surface area contributed by atoms with E-state index in [4.69, 9.17) is 9.47 Å². The van der Waals surface area contributed by atoms with Gasteiger partial charge in [-0.3, -0.25) is 0 Å². The molecule has 3 rings (SSSR count). The molecule has 4 heteroatoms. The molecule has 0 radical (unpaired) electrons. The molecule has 1 heterocycles. The first-order chi connectivity index (χ1) is 8.80. The monoisotopic (exact) mass is 249 g/mol. The number of hydrogen-bond acceptors (Lipinski definition) is 4. The molecular formula is C14H19NO3. The summed E-state index contributed by atoms with van der Waals surface area (Å²) in [6, 6.07) is 8.09. The van der Waals surface area contributed by atoms with Crippen LogP contribution in [-0.2, 0) is 9.47 Å². The summed E-state index contributed by atoms with van der Waals surface area (Å²) in [5.41, 5.74) is 4.37. The lowest BCUT2D eigenvalue weighted by Gasteiger charge is -2.33. The van der Waals surface area contributed by atoms with E-state index < -0.39 is 0 Å². The summed E-state index contributed by atoms with van der Waals surface area (Å²) in [7, 11) is 1.65. The Bertz CT molecular complexity index is 429. The summed E-state index contributed by atoms with van der Waals surface area (Å²) < 4.78 is 11.4. The molecule has 2 N–H and O–H groups in total. The van der Waals surface area contributed by atoms with Gasteiger partial charge in [-0.05, 0) is 18.4 Å². The number of hydrogen-bond donors (Lipinski definition) is 2. The second-order valence-electron chi connectivity index (χ2n) is 5.19. The van der Waals surface area contributed by atoms with Crippen molar-refractivity contribution in [2.24, 2.45) is 0 Å². The van der Waals surface area contributed by atoms with Crippen molar-refractivity contribution in [3.63, 3.8) is 0 Å². The molecule has 1 aromatic rings. The van der Waals surface area contributed by atoms with E-state index in [1.165, 1.54) is 0 Å².